The number of carbonyl (C=O) groups excluding carboxylic acids is 1. The van der Waals surface area contributed by atoms with Gasteiger partial charge in [0.15, 0.2) is 6.61 Å². The van der Waals surface area contributed by atoms with E-state index >= 15 is 0 Å². The number of esters is 1. The summed E-state index contributed by atoms with van der Waals surface area (Å²) >= 11 is 0. The standard InChI is InChI=1S/C14H17N3O3/c1-2-19-13(18)9-20-12-5-3-4-10(6-12)14-11(7-15)8-16-17-14/h3-6,8H,2,7,9,15H2,1H3,(H,16,17). The van der Waals surface area contributed by atoms with Crippen molar-refractivity contribution in [3.63, 3.8) is 0 Å². The van der Waals surface area contributed by atoms with Crippen LogP contribution < -0.4 is 10.5 Å². The van der Waals surface area contributed by atoms with Gasteiger partial charge in [-0.05, 0) is 19.1 Å². The monoisotopic (exact) mass is 275 g/mol. The fourth-order valence-electron chi connectivity index (χ4n) is 1.80. The van der Waals surface area contributed by atoms with Crippen LogP contribution in [0.3, 0.4) is 0 Å². The molecule has 106 valence electrons. The third-order valence-corrected chi connectivity index (χ3v) is 2.72. The predicted octanol–water partition coefficient (Wildman–Crippen LogP) is 1.48. The Balaban J connectivity index is 2.10. The summed E-state index contributed by atoms with van der Waals surface area (Å²) < 4.78 is 10.2. The van der Waals surface area contributed by atoms with Gasteiger partial charge in [-0.1, -0.05) is 12.1 Å². The van der Waals surface area contributed by atoms with Crippen LogP contribution in [0.5, 0.6) is 5.75 Å². The zero-order valence-electron chi connectivity index (χ0n) is 11.3. The molecule has 20 heavy (non-hydrogen) atoms. The molecule has 3 N–H and O–H groups in total. The van der Waals surface area contributed by atoms with Crippen molar-refractivity contribution in [1.82, 2.24) is 10.2 Å². The first-order valence-electron chi connectivity index (χ1n) is 6.35. The fourth-order valence-corrected chi connectivity index (χ4v) is 1.80. The number of hydrogen-bond donors (Lipinski definition) is 2. The van der Waals surface area contributed by atoms with Gasteiger partial charge in [0.2, 0.25) is 0 Å². The maximum Gasteiger partial charge on any atom is 0.344 e. The number of nitrogens with one attached hydrogen (secondary N) is 1. The molecule has 1 aromatic heterocycles. The largest absolute Gasteiger partial charge is 0.482 e. The molecule has 2 rings (SSSR count). The zero-order chi connectivity index (χ0) is 14.4. The normalized spacial score (nSPS) is 10.3. The molecule has 2 aromatic rings. The van der Waals surface area contributed by atoms with Gasteiger partial charge in [0.05, 0.1) is 18.5 Å². The number of nitrogens with zero attached hydrogens (tertiary/aromatic N) is 1. The molecule has 0 saturated heterocycles. The molecule has 0 amide bonds. The Morgan fingerprint density at radius 1 is 1.45 bits per heavy atom. The Labute approximate surface area is 116 Å². The van der Waals surface area contributed by atoms with Crippen molar-refractivity contribution in [2.75, 3.05) is 13.2 Å². The molecule has 0 bridgehead atoms. The molecule has 6 nitrogen and oxygen atoms in total. The fraction of sp³-hybridized carbons (Fsp3) is 0.286. The number of aromatic amines is 1. The quantitative estimate of drug-likeness (QED) is 0.779. The molecule has 0 atom stereocenters. The Hall–Kier alpha value is -2.34. The Kier molecular flexibility index (Phi) is 4.73. The maximum absolute atomic E-state index is 11.3. The molecule has 0 spiro atoms. The summed E-state index contributed by atoms with van der Waals surface area (Å²) in [6.45, 7) is 2.39. The maximum atomic E-state index is 11.3. The second kappa shape index (κ2) is 6.72. The Morgan fingerprint density at radius 2 is 2.30 bits per heavy atom. The van der Waals surface area contributed by atoms with Gasteiger partial charge in [0.25, 0.3) is 0 Å². The number of benzene rings is 1. The zero-order valence-corrected chi connectivity index (χ0v) is 11.3. The minimum absolute atomic E-state index is 0.107. The van der Waals surface area contributed by atoms with Crippen LogP contribution in [-0.2, 0) is 16.1 Å². The lowest BCUT2D eigenvalue weighted by molar-refractivity contribution is -0.145. The second-order valence-electron chi connectivity index (χ2n) is 4.10. The van der Waals surface area contributed by atoms with Crippen LogP contribution in [0.15, 0.2) is 30.5 Å². The van der Waals surface area contributed by atoms with Crippen LogP contribution in [0.4, 0.5) is 0 Å². The van der Waals surface area contributed by atoms with Crippen LogP contribution in [0.25, 0.3) is 11.3 Å². The van der Waals surface area contributed by atoms with Crippen molar-refractivity contribution in [2.24, 2.45) is 5.73 Å². The van der Waals surface area contributed by atoms with Crippen LogP contribution in [0.1, 0.15) is 12.5 Å². The molecule has 0 saturated carbocycles. The van der Waals surface area contributed by atoms with E-state index in [9.17, 15) is 4.79 Å². The number of carbonyl (C=O) groups is 1. The first-order valence-corrected chi connectivity index (χ1v) is 6.35. The summed E-state index contributed by atoms with van der Waals surface area (Å²) in [5.74, 6) is 0.204. The molecular formula is C14H17N3O3. The minimum atomic E-state index is -0.387. The molecule has 0 aliphatic heterocycles. The van der Waals surface area contributed by atoms with E-state index in [2.05, 4.69) is 10.2 Å². The van der Waals surface area contributed by atoms with E-state index in [0.29, 0.717) is 18.9 Å². The van der Waals surface area contributed by atoms with E-state index in [0.717, 1.165) is 16.8 Å². The first kappa shape index (κ1) is 14.1. The van der Waals surface area contributed by atoms with Gasteiger partial charge in [-0.15, -0.1) is 0 Å². The summed E-state index contributed by atoms with van der Waals surface area (Å²) in [5.41, 5.74) is 8.34. The smallest absolute Gasteiger partial charge is 0.344 e. The van der Waals surface area contributed by atoms with Crippen LogP contribution in [0.2, 0.25) is 0 Å². The molecule has 0 aliphatic rings. The highest BCUT2D eigenvalue weighted by Crippen LogP contribution is 2.24. The van der Waals surface area contributed by atoms with E-state index in [1.165, 1.54) is 0 Å². The average molecular weight is 275 g/mol. The summed E-state index contributed by atoms with van der Waals surface area (Å²) in [7, 11) is 0. The number of ether oxygens (including phenoxy) is 2. The topological polar surface area (TPSA) is 90.2 Å². The van der Waals surface area contributed by atoms with Crippen molar-refractivity contribution < 1.29 is 14.3 Å². The van der Waals surface area contributed by atoms with Gasteiger partial charge in [-0.2, -0.15) is 5.10 Å². The highest BCUT2D eigenvalue weighted by molar-refractivity contribution is 5.71. The van der Waals surface area contributed by atoms with Crippen LogP contribution in [0, 0.1) is 0 Å². The lowest BCUT2D eigenvalue weighted by atomic mass is 10.1. The Morgan fingerprint density at radius 3 is 3.05 bits per heavy atom. The van der Waals surface area contributed by atoms with E-state index in [1.807, 2.05) is 18.2 Å². The van der Waals surface area contributed by atoms with Crippen molar-refractivity contribution in [1.29, 1.82) is 0 Å². The molecule has 0 radical (unpaired) electrons. The molecular weight excluding hydrogens is 258 g/mol. The minimum Gasteiger partial charge on any atom is -0.482 e. The van der Waals surface area contributed by atoms with Gasteiger partial charge in [-0.25, -0.2) is 4.79 Å². The molecule has 0 unspecified atom stereocenters. The molecule has 6 heteroatoms. The summed E-state index contributed by atoms with van der Waals surface area (Å²) in [4.78, 5) is 11.3. The number of nitrogens with two attached hydrogens (primary N) is 1. The van der Waals surface area contributed by atoms with E-state index in [1.54, 1.807) is 19.2 Å². The van der Waals surface area contributed by atoms with Crippen molar-refractivity contribution in [2.45, 2.75) is 13.5 Å². The van der Waals surface area contributed by atoms with E-state index in [-0.39, 0.29) is 12.6 Å². The van der Waals surface area contributed by atoms with Crippen molar-refractivity contribution in [3.8, 4) is 17.0 Å². The molecule has 0 fully saturated rings. The van der Waals surface area contributed by atoms with Gasteiger partial charge in [0, 0.05) is 17.7 Å². The SMILES string of the molecule is CCOC(=O)COc1cccc(-c2[nH]ncc2CN)c1. The summed E-state index contributed by atoms with van der Waals surface area (Å²) in [6.07, 6.45) is 1.70. The first-order chi connectivity index (χ1) is 9.74. The van der Waals surface area contributed by atoms with Crippen LogP contribution >= 0.6 is 0 Å². The van der Waals surface area contributed by atoms with Gasteiger partial charge >= 0.3 is 5.97 Å². The van der Waals surface area contributed by atoms with E-state index in [4.69, 9.17) is 15.2 Å². The van der Waals surface area contributed by atoms with Gasteiger partial charge in [-0.3, -0.25) is 5.10 Å². The highest BCUT2D eigenvalue weighted by atomic mass is 16.6. The van der Waals surface area contributed by atoms with E-state index < -0.39 is 0 Å². The van der Waals surface area contributed by atoms with Gasteiger partial charge < -0.3 is 15.2 Å². The lowest BCUT2D eigenvalue weighted by Crippen LogP contribution is -2.14. The summed E-state index contributed by atoms with van der Waals surface area (Å²) in [6, 6.07) is 7.37. The second-order valence-corrected chi connectivity index (χ2v) is 4.10. The molecule has 1 aromatic carbocycles. The van der Waals surface area contributed by atoms with Crippen molar-refractivity contribution in [3.05, 3.63) is 36.0 Å². The summed E-state index contributed by atoms with van der Waals surface area (Å²) in [5, 5.41) is 6.89. The predicted molar refractivity (Wildman–Crippen MR) is 74.0 cm³/mol. The van der Waals surface area contributed by atoms with Crippen LogP contribution in [-0.4, -0.2) is 29.4 Å². The number of aromatic nitrogens is 2. The Bertz CT molecular complexity index is 581. The molecule has 1 heterocycles. The third-order valence-electron chi connectivity index (χ3n) is 2.72. The lowest BCUT2D eigenvalue weighted by Gasteiger charge is -2.07. The number of H-pyrrole nitrogens is 1. The molecule has 0 aliphatic carbocycles. The van der Waals surface area contributed by atoms with Gasteiger partial charge in [0.1, 0.15) is 5.75 Å². The average Bonchev–Trinajstić information content (AvgIpc) is 2.94. The number of rotatable bonds is 6. The third kappa shape index (κ3) is 3.36. The highest BCUT2D eigenvalue weighted by Gasteiger charge is 2.08. The van der Waals surface area contributed by atoms with Crippen molar-refractivity contribution >= 4 is 5.97 Å². The number of hydrogen-bond acceptors (Lipinski definition) is 5.